The van der Waals surface area contributed by atoms with Crippen molar-refractivity contribution in [1.29, 1.82) is 0 Å². The van der Waals surface area contributed by atoms with Crippen LogP contribution in [0.2, 0.25) is 0 Å². The number of alkyl halides is 3. The average molecular weight is 376 g/mol. The first-order valence-corrected chi connectivity index (χ1v) is 8.31. The number of halogens is 3. The molecule has 0 spiro atoms. The summed E-state index contributed by atoms with van der Waals surface area (Å²) < 4.78 is 69.7. The molecule has 1 heterocycles. The van der Waals surface area contributed by atoms with Crippen LogP contribution in [0.15, 0.2) is 35.4 Å². The van der Waals surface area contributed by atoms with Crippen LogP contribution in [-0.4, -0.2) is 39.6 Å². The van der Waals surface area contributed by atoms with Crippen LogP contribution in [-0.2, 0) is 16.2 Å². The molecule has 2 rings (SSSR count). The molecule has 7 nitrogen and oxygen atoms in total. The predicted octanol–water partition coefficient (Wildman–Crippen LogP) is 2.37. The molecule has 0 fully saturated rings. The Bertz CT molecular complexity index is 853. The van der Waals surface area contributed by atoms with E-state index in [9.17, 15) is 21.6 Å². The normalized spacial score (nSPS) is 11.9. The lowest BCUT2D eigenvalue weighted by Gasteiger charge is -2.17. The van der Waals surface area contributed by atoms with E-state index in [1.165, 1.54) is 18.2 Å². The van der Waals surface area contributed by atoms with Gasteiger partial charge in [0.05, 0.1) is 23.8 Å². The van der Waals surface area contributed by atoms with Gasteiger partial charge in [0.25, 0.3) is 10.0 Å². The quantitative estimate of drug-likeness (QED) is 0.863. The molecule has 0 aliphatic carbocycles. The number of aromatic nitrogens is 2. The lowest BCUT2D eigenvalue weighted by Crippen LogP contribution is -2.19. The first-order chi connectivity index (χ1) is 11.5. The van der Waals surface area contributed by atoms with Gasteiger partial charge in [-0.05, 0) is 24.3 Å². The van der Waals surface area contributed by atoms with Crippen molar-refractivity contribution in [2.24, 2.45) is 0 Å². The van der Waals surface area contributed by atoms with Crippen molar-refractivity contribution in [3.63, 3.8) is 0 Å². The largest absolute Gasteiger partial charge is 0.467 e. The van der Waals surface area contributed by atoms with Gasteiger partial charge in [-0.25, -0.2) is 13.4 Å². The molecule has 1 N–H and O–H groups in total. The van der Waals surface area contributed by atoms with Gasteiger partial charge < -0.3 is 9.64 Å². The molecule has 0 aliphatic rings. The number of nitrogens with one attached hydrogen (secondary N) is 1. The zero-order valence-corrected chi connectivity index (χ0v) is 14.3. The zero-order valence-electron chi connectivity index (χ0n) is 13.5. The molecule has 25 heavy (non-hydrogen) atoms. The summed E-state index contributed by atoms with van der Waals surface area (Å²) in [5.74, 6) is 0.238. The minimum atomic E-state index is -4.54. The standard InChI is InChI=1S/C14H15F3N4O3S/c1-21(2)12-11(8-18-13(19-12)24-3)20-25(22,23)10-6-4-9(5-7-10)14(15,16)17/h4-8,20H,1-3H3. The maximum Gasteiger partial charge on any atom is 0.416 e. The Hall–Kier alpha value is -2.56. The molecule has 2 aromatic rings. The highest BCUT2D eigenvalue weighted by molar-refractivity contribution is 7.92. The molecule has 0 aliphatic heterocycles. The first kappa shape index (κ1) is 18.8. The van der Waals surface area contributed by atoms with Gasteiger partial charge in [-0.1, -0.05) is 0 Å². The summed E-state index contributed by atoms with van der Waals surface area (Å²) in [6.07, 6.45) is -3.33. The number of sulfonamides is 1. The Morgan fingerprint density at radius 1 is 1.16 bits per heavy atom. The SMILES string of the molecule is COc1ncc(NS(=O)(=O)c2ccc(C(F)(F)F)cc2)c(N(C)C)n1. The van der Waals surface area contributed by atoms with E-state index < -0.39 is 21.8 Å². The molecular weight excluding hydrogens is 361 g/mol. The van der Waals surface area contributed by atoms with Crippen LogP contribution in [0.3, 0.4) is 0 Å². The van der Waals surface area contributed by atoms with Gasteiger partial charge in [0, 0.05) is 14.1 Å². The number of nitrogens with zero attached hydrogens (tertiary/aromatic N) is 3. The van der Waals surface area contributed by atoms with Gasteiger partial charge >= 0.3 is 12.2 Å². The van der Waals surface area contributed by atoms with E-state index in [0.717, 1.165) is 12.1 Å². The van der Waals surface area contributed by atoms with Crippen LogP contribution in [0.5, 0.6) is 6.01 Å². The van der Waals surface area contributed by atoms with Crippen molar-refractivity contribution in [3.8, 4) is 6.01 Å². The van der Waals surface area contributed by atoms with E-state index in [-0.39, 0.29) is 22.4 Å². The van der Waals surface area contributed by atoms with Gasteiger partial charge in [0.2, 0.25) is 0 Å². The second-order valence-corrected chi connectivity index (χ2v) is 6.80. The minimum absolute atomic E-state index is 0.0428. The van der Waals surface area contributed by atoms with Crippen LogP contribution >= 0.6 is 0 Å². The summed E-state index contributed by atoms with van der Waals surface area (Å²) in [5, 5.41) is 0. The number of ether oxygens (including phenoxy) is 1. The highest BCUT2D eigenvalue weighted by Crippen LogP contribution is 2.30. The Balaban J connectivity index is 2.36. The van der Waals surface area contributed by atoms with Crippen LogP contribution < -0.4 is 14.4 Å². The van der Waals surface area contributed by atoms with E-state index in [2.05, 4.69) is 14.7 Å². The molecule has 1 aromatic carbocycles. The molecule has 1 aromatic heterocycles. The fourth-order valence-corrected chi connectivity index (χ4v) is 2.94. The molecule has 0 saturated heterocycles. The molecular formula is C14H15F3N4O3S. The summed E-state index contributed by atoms with van der Waals surface area (Å²) in [6.45, 7) is 0. The molecule has 11 heteroatoms. The van der Waals surface area contributed by atoms with E-state index in [1.54, 1.807) is 14.1 Å². The highest BCUT2D eigenvalue weighted by Gasteiger charge is 2.30. The second kappa shape index (κ2) is 6.75. The van der Waals surface area contributed by atoms with Crippen molar-refractivity contribution in [3.05, 3.63) is 36.0 Å². The molecule has 136 valence electrons. The summed E-state index contributed by atoms with van der Waals surface area (Å²) in [4.78, 5) is 9.08. The molecule has 0 atom stereocenters. The van der Waals surface area contributed by atoms with Crippen molar-refractivity contribution in [1.82, 2.24) is 9.97 Å². The molecule has 0 unspecified atom stereocenters. The van der Waals surface area contributed by atoms with Gasteiger partial charge in [0.1, 0.15) is 5.69 Å². The van der Waals surface area contributed by atoms with E-state index in [4.69, 9.17) is 4.74 Å². The third-order valence-corrected chi connectivity index (χ3v) is 4.47. The summed E-state index contributed by atoms with van der Waals surface area (Å²) in [6, 6.07) is 3.20. The number of rotatable bonds is 5. The van der Waals surface area contributed by atoms with E-state index in [1.807, 2.05) is 0 Å². The Kier molecular flexibility index (Phi) is 5.07. The maximum absolute atomic E-state index is 12.6. The van der Waals surface area contributed by atoms with E-state index >= 15 is 0 Å². The third kappa shape index (κ3) is 4.29. The van der Waals surface area contributed by atoms with Crippen LogP contribution in [0.25, 0.3) is 0 Å². The van der Waals surface area contributed by atoms with Gasteiger partial charge in [0.15, 0.2) is 5.82 Å². The molecule has 0 saturated carbocycles. The topological polar surface area (TPSA) is 84.4 Å². The van der Waals surface area contributed by atoms with Gasteiger partial charge in [-0.3, -0.25) is 4.72 Å². The van der Waals surface area contributed by atoms with Crippen molar-refractivity contribution in [2.45, 2.75) is 11.1 Å². The lowest BCUT2D eigenvalue weighted by molar-refractivity contribution is -0.137. The monoisotopic (exact) mass is 376 g/mol. The third-order valence-electron chi connectivity index (χ3n) is 3.09. The van der Waals surface area contributed by atoms with Gasteiger partial charge in [-0.15, -0.1) is 0 Å². The number of anilines is 2. The zero-order chi connectivity index (χ0) is 18.8. The second-order valence-electron chi connectivity index (χ2n) is 5.12. The summed E-state index contributed by atoms with van der Waals surface area (Å²) in [5.41, 5.74) is -0.876. The molecule has 0 radical (unpaired) electrons. The number of benzene rings is 1. The Morgan fingerprint density at radius 3 is 2.24 bits per heavy atom. The van der Waals surface area contributed by atoms with Crippen molar-refractivity contribution >= 4 is 21.5 Å². The number of hydrogen-bond donors (Lipinski definition) is 1. The fourth-order valence-electron chi connectivity index (χ4n) is 1.90. The molecule has 0 bridgehead atoms. The molecule has 0 amide bonds. The van der Waals surface area contributed by atoms with Crippen molar-refractivity contribution in [2.75, 3.05) is 30.8 Å². The number of hydrogen-bond acceptors (Lipinski definition) is 6. The maximum atomic E-state index is 12.6. The fraction of sp³-hybridized carbons (Fsp3) is 0.286. The predicted molar refractivity (Wildman–Crippen MR) is 85.2 cm³/mol. The number of methoxy groups -OCH3 is 1. The Morgan fingerprint density at radius 2 is 1.76 bits per heavy atom. The van der Waals surface area contributed by atoms with E-state index in [0.29, 0.717) is 12.1 Å². The highest BCUT2D eigenvalue weighted by atomic mass is 32.2. The minimum Gasteiger partial charge on any atom is -0.467 e. The van der Waals surface area contributed by atoms with Crippen LogP contribution in [0.4, 0.5) is 24.7 Å². The summed E-state index contributed by atoms with van der Waals surface area (Å²) >= 11 is 0. The average Bonchev–Trinajstić information content (AvgIpc) is 2.54. The summed E-state index contributed by atoms with van der Waals surface area (Å²) in [7, 11) is 0.519. The first-order valence-electron chi connectivity index (χ1n) is 6.83. The van der Waals surface area contributed by atoms with Gasteiger partial charge in [-0.2, -0.15) is 18.2 Å². The van der Waals surface area contributed by atoms with Crippen LogP contribution in [0.1, 0.15) is 5.56 Å². The smallest absolute Gasteiger partial charge is 0.416 e. The van der Waals surface area contributed by atoms with Crippen molar-refractivity contribution < 1.29 is 26.3 Å². The Labute approximate surface area is 142 Å². The lowest BCUT2D eigenvalue weighted by atomic mass is 10.2. The van der Waals surface area contributed by atoms with Crippen LogP contribution in [0, 0.1) is 0 Å².